The maximum atomic E-state index is 12.8. The molecular weight excluding hydrogens is 374 g/mol. The maximum Gasteiger partial charge on any atom is 0.256 e. The van der Waals surface area contributed by atoms with Crippen molar-refractivity contribution in [2.45, 2.75) is 0 Å². The number of rotatable bonds is 6. The first-order chi connectivity index (χ1) is 13.5. The number of hydrogen-bond donors (Lipinski definition) is 2. The number of likely N-dealkylation sites (N-methyl/N-ethyl adjacent to an activating group) is 1. The van der Waals surface area contributed by atoms with Crippen molar-refractivity contribution in [3.63, 3.8) is 0 Å². The predicted octanol–water partition coefficient (Wildman–Crippen LogP) is 3.71. The van der Waals surface area contributed by atoms with Crippen molar-refractivity contribution in [3.05, 3.63) is 82.6 Å². The number of carbonyl (C=O) groups excluding carboxylic acids is 3. The van der Waals surface area contributed by atoms with Gasteiger partial charge in [-0.2, -0.15) is 11.3 Å². The van der Waals surface area contributed by atoms with Crippen molar-refractivity contribution in [3.8, 4) is 0 Å². The summed E-state index contributed by atoms with van der Waals surface area (Å²) in [6.07, 6.45) is 0. The number of amides is 3. The third kappa shape index (κ3) is 4.83. The fourth-order valence-electron chi connectivity index (χ4n) is 2.58. The third-order valence-corrected chi connectivity index (χ3v) is 4.66. The van der Waals surface area contributed by atoms with Crippen LogP contribution in [0.3, 0.4) is 0 Å². The van der Waals surface area contributed by atoms with E-state index >= 15 is 0 Å². The van der Waals surface area contributed by atoms with Gasteiger partial charge >= 0.3 is 0 Å². The summed E-state index contributed by atoms with van der Waals surface area (Å²) < 4.78 is 0. The number of nitrogens with one attached hydrogen (secondary N) is 2. The summed E-state index contributed by atoms with van der Waals surface area (Å²) >= 11 is 1.42. The van der Waals surface area contributed by atoms with Gasteiger partial charge in [-0.05, 0) is 35.7 Å². The fourth-order valence-corrected chi connectivity index (χ4v) is 3.22. The number of para-hydroxylation sites is 2. The van der Waals surface area contributed by atoms with Gasteiger partial charge in [0, 0.05) is 18.1 Å². The van der Waals surface area contributed by atoms with Crippen molar-refractivity contribution in [2.75, 3.05) is 24.2 Å². The van der Waals surface area contributed by atoms with Gasteiger partial charge in [0.2, 0.25) is 5.91 Å². The van der Waals surface area contributed by atoms with Crippen molar-refractivity contribution in [1.29, 1.82) is 0 Å². The Morgan fingerprint density at radius 3 is 2.36 bits per heavy atom. The van der Waals surface area contributed by atoms with Gasteiger partial charge < -0.3 is 15.5 Å². The first-order valence-corrected chi connectivity index (χ1v) is 9.52. The summed E-state index contributed by atoms with van der Waals surface area (Å²) in [6.45, 7) is -0.111. The van der Waals surface area contributed by atoms with E-state index in [0.717, 1.165) is 0 Å². The van der Waals surface area contributed by atoms with E-state index in [9.17, 15) is 14.4 Å². The van der Waals surface area contributed by atoms with Crippen LogP contribution in [0, 0.1) is 0 Å². The van der Waals surface area contributed by atoms with Gasteiger partial charge in [-0.3, -0.25) is 14.4 Å². The lowest BCUT2D eigenvalue weighted by Gasteiger charge is -2.19. The van der Waals surface area contributed by atoms with E-state index in [4.69, 9.17) is 0 Å². The van der Waals surface area contributed by atoms with Crippen molar-refractivity contribution in [1.82, 2.24) is 4.90 Å². The largest absolute Gasteiger partial charge is 0.332 e. The Labute approximate surface area is 166 Å². The monoisotopic (exact) mass is 393 g/mol. The quantitative estimate of drug-likeness (QED) is 0.670. The molecule has 0 aliphatic rings. The van der Waals surface area contributed by atoms with E-state index in [2.05, 4.69) is 10.6 Å². The smallest absolute Gasteiger partial charge is 0.256 e. The Hall–Kier alpha value is -3.45. The average Bonchev–Trinajstić information content (AvgIpc) is 3.23. The molecule has 2 aromatic carbocycles. The number of thiophene rings is 1. The molecule has 0 saturated heterocycles. The molecule has 2 N–H and O–H groups in total. The highest BCUT2D eigenvalue weighted by Gasteiger charge is 2.19. The number of anilines is 2. The van der Waals surface area contributed by atoms with E-state index in [1.165, 1.54) is 16.2 Å². The Kier molecular flexibility index (Phi) is 6.18. The minimum Gasteiger partial charge on any atom is -0.332 e. The molecule has 0 spiro atoms. The van der Waals surface area contributed by atoms with Gasteiger partial charge in [-0.25, -0.2) is 0 Å². The molecule has 1 aromatic heterocycles. The maximum absolute atomic E-state index is 12.8. The molecule has 1 heterocycles. The molecule has 0 aliphatic carbocycles. The molecule has 0 fully saturated rings. The van der Waals surface area contributed by atoms with Crippen LogP contribution in [0.2, 0.25) is 0 Å². The Morgan fingerprint density at radius 1 is 0.929 bits per heavy atom. The van der Waals surface area contributed by atoms with Gasteiger partial charge in [0.15, 0.2) is 0 Å². The molecule has 0 unspecified atom stereocenters. The van der Waals surface area contributed by atoms with E-state index in [-0.39, 0.29) is 24.3 Å². The molecule has 7 heteroatoms. The predicted molar refractivity (Wildman–Crippen MR) is 111 cm³/mol. The summed E-state index contributed by atoms with van der Waals surface area (Å²) in [6, 6.07) is 17.5. The van der Waals surface area contributed by atoms with Crippen LogP contribution in [0.25, 0.3) is 0 Å². The summed E-state index contributed by atoms with van der Waals surface area (Å²) in [5.74, 6) is -0.947. The van der Waals surface area contributed by atoms with E-state index in [1.807, 2.05) is 23.6 Å². The van der Waals surface area contributed by atoms with Crippen LogP contribution in [0.1, 0.15) is 20.7 Å². The molecule has 0 atom stereocenters. The normalized spacial score (nSPS) is 10.2. The minimum absolute atomic E-state index is 0.111. The second-order valence-corrected chi connectivity index (χ2v) is 6.87. The second kappa shape index (κ2) is 8.96. The van der Waals surface area contributed by atoms with E-state index < -0.39 is 0 Å². The van der Waals surface area contributed by atoms with Gasteiger partial charge in [-0.1, -0.05) is 30.3 Å². The molecule has 6 nitrogen and oxygen atoms in total. The highest BCUT2D eigenvalue weighted by Crippen LogP contribution is 2.19. The average molecular weight is 393 g/mol. The molecule has 0 saturated carbocycles. The highest BCUT2D eigenvalue weighted by atomic mass is 32.1. The molecule has 0 aliphatic heterocycles. The van der Waals surface area contributed by atoms with Crippen molar-refractivity contribution < 1.29 is 14.4 Å². The number of carbonyl (C=O) groups is 3. The highest BCUT2D eigenvalue weighted by molar-refractivity contribution is 7.08. The zero-order chi connectivity index (χ0) is 19.9. The van der Waals surface area contributed by atoms with Crippen LogP contribution in [0.5, 0.6) is 0 Å². The van der Waals surface area contributed by atoms with Crippen LogP contribution in [-0.4, -0.2) is 36.2 Å². The minimum atomic E-state index is -0.357. The molecule has 142 valence electrons. The van der Waals surface area contributed by atoms with Crippen molar-refractivity contribution >= 4 is 40.4 Å². The van der Waals surface area contributed by atoms with Crippen LogP contribution in [0.15, 0.2) is 71.4 Å². The molecule has 3 amide bonds. The molecular formula is C21H19N3O3S. The first kappa shape index (κ1) is 19.3. The Morgan fingerprint density at radius 2 is 1.64 bits per heavy atom. The fraction of sp³-hybridized carbons (Fsp3) is 0.0952. The summed E-state index contributed by atoms with van der Waals surface area (Å²) in [5.41, 5.74) is 1.92. The lowest BCUT2D eigenvalue weighted by atomic mass is 10.1. The van der Waals surface area contributed by atoms with Gasteiger partial charge in [0.05, 0.1) is 23.4 Å². The molecule has 3 aromatic rings. The number of nitrogens with zero attached hydrogens (tertiary/aromatic N) is 1. The van der Waals surface area contributed by atoms with E-state index in [0.29, 0.717) is 22.5 Å². The van der Waals surface area contributed by atoms with Crippen LogP contribution >= 0.6 is 11.3 Å². The number of hydrogen-bond acceptors (Lipinski definition) is 4. The van der Waals surface area contributed by atoms with Crippen LogP contribution in [-0.2, 0) is 4.79 Å². The lowest BCUT2D eigenvalue weighted by molar-refractivity contribution is -0.116. The zero-order valence-electron chi connectivity index (χ0n) is 15.2. The Bertz CT molecular complexity index is 972. The van der Waals surface area contributed by atoms with Crippen molar-refractivity contribution in [2.24, 2.45) is 0 Å². The SMILES string of the molecule is CN(CC(=O)Nc1ccccc1)C(=O)c1ccccc1NC(=O)c1ccsc1. The molecule has 28 heavy (non-hydrogen) atoms. The topological polar surface area (TPSA) is 78.5 Å². The second-order valence-electron chi connectivity index (χ2n) is 6.09. The molecule has 0 radical (unpaired) electrons. The van der Waals surface area contributed by atoms with Crippen LogP contribution in [0.4, 0.5) is 11.4 Å². The van der Waals surface area contributed by atoms with Crippen LogP contribution < -0.4 is 10.6 Å². The lowest BCUT2D eigenvalue weighted by Crippen LogP contribution is -2.35. The van der Waals surface area contributed by atoms with Gasteiger partial charge in [0.25, 0.3) is 11.8 Å². The third-order valence-electron chi connectivity index (χ3n) is 3.97. The zero-order valence-corrected chi connectivity index (χ0v) is 16.0. The van der Waals surface area contributed by atoms with E-state index in [1.54, 1.807) is 54.9 Å². The summed E-state index contributed by atoms with van der Waals surface area (Å²) in [4.78, 5) is 38.6. The standard InChI is InChI=1S/C21H19N3O3S/c1-24(13-19(25)22-16-7-3-2-4-8-16)21(27)17-9-5-6-10-18(17)23-20(26)15-11-12-28-14-15/h2-12,14H,13H2,1H3,(H,22,25)(H,23,26). The summed E-state index contributed by atoms with van der Waals surface area (Å²) in [7, 11) is 1.55. The first-order valence-electron chi connectivity index (χ1n) is 8.57. The van der Waals surface area contributed by atoms with Gasteiger partial charge in [0.1, 0.15) is 0 Å². The Balaban J connectivity index is 1.68. The van der Waals surface area contributed by atoms with Gasteiger partial charge in [-0.15, -0.1) is 0 Å². The number of benzene rings is 2. The molecule has 0 bridgehead atoms. The molecule has 3 rings (SSSR count). The summed E-state index contributed by atoms with van der Waals surface area (Å²) in [5, 5.41) is 9.05.